The highest BCUT2D eigenvalue weighted by Crippen LogP contribution is 2.40. The number of fused-ring (bicyclic) bond motifs is 3. The molecule has 0 atom stereocenters. The third kappa shape index (κ3) is 5.43. The van der Waals surface area contributed by atoms with Crippen molar-refractivity contribution < 1.29 is 13.2 Å². The van der Waals surface area contributed by atoms with Crippen molar-refractivity contribution in [2.45, 2.75) is 57.4 Å². The summed E-state index contributed by atoms with van der Waals surface area (Å²) in [5.41, 5.74) is 2.01. The van der Waals surface area contributed by atoms with Crippen LogP contribution < -0.4 is 15.1 Å². The van der Waals surface area contributed by atoms with E-state index >= 15 is 0 Å². The van der Waals surface area contributed by atoms with Crippen molar-refractivity contribution in [3.63, 3.8) is 0 Å². The summed E-state index contributed by atoms with van der Waals surface area (Å²) in [4.78, 5) is 18.8. The lowest BCUT2D eigenvalue weighted by Crippen LogP contribution is -2.37. The average Bonchev–Trinajstić information content (AvgIpc) is 3.56. The van der Waals surface area contributed by atoms with E-state index in [2.05, 4.69) is 24.8 Å². The van der Waals surface area contributed by atoms with Gasteiger partial charge in [0.1, 0.15) is 17.6 Å². The molecule has 1 aliphatic rings. The van der Waals surface area contributed by atoms with Crippen LogP contribution in [0.15, 0.2) is 34.2 Å². The molecule has 0 unspecified atom stereocenters. The number of aromatic amines is 1. The van der Waals surface area contributed by atoms with E-state index < -0.39 is 10.0 Å². The Hall–Kier alpha value is -2.93. The highest BCUT2D eigenvalue weighted by atomic mass is 35.5. The van der Waals surface area contributed by atoms with Crippen LogP contribution in [0.2, 0.25) is 5.02 Å². The summed E-state index contributed by atoms with van der Waals surface area (Å²) in [5, 5.41) is 8.33. The summed E-state index contributed by atoms with van der Waals surface area (Å²) in [6, 6.07) is 4.75. The van der Waals surface area contributed by atoms with E-state index in [1.807, 2.05) is 13.8 Å². The summed E-state index contributed by atoms with van der Waals surface area (Å²) in [6.07, 6.45) is 6.37. The molecule has 1 fully saturated rings. The lowest BCUT2D eigenvalue weighted by Gasteiger charge is -2.26. The molecule has 3 aromatic heterocycles. The number of nitrogens with one attached hydrogen (secondary N) is 2. The maximum Gasteiger partial charge on any atom is 0.335 e. The third-order valence-electron chi connectivity index (χ3n) is 7.00. The molecule has 13 heteroatoms. The summed E-state index contributed by atoms with van der Waals surface area (Å²) in [5.74, 6) is 0.486. The van der Waals surface area contributed by atoms with E-state index in [9.17, 15) is 13.2 Å². The van der Waals surface area contributed by atoms with Gasteiger partial charge in [0.15, 0.2) is 5.65 Å². The molecular weight excluding hydrogens is 542 g/mol. The second kappa shape index (κ2) is 11.7. The summed E-state index contributed by atoms with van der Waals surface area (Å²) in [7, 11) is -3.79. The van der Waals surface area contributed by atoms with Crippen LogP contribution in [0.4, 0.5) is 0 Å². The van der Waals surface area contributed by atoms with E-state index in [0.717, 1.165) is 32.4 Å². The lowest BCUT2D eigenvalue weighted by atomic mass is 10.1. The number of piperidine rings is 1. The Morgan fingerprint density at radius 1 is 1.13 bits per heavy atom. The molecule has 0 aliphatic carbocycles. The fraction of sp³-hybridized carbons (Fsp3) is 0.500. The number of H-pyrrole nitrogens is 1. The average molecular weight is 576 g/mol. The first-order chi connectivity index (χ1) is 18.9. The number of rotatable bonds is 11. The number of ether oxygens (including phenoxy) is 1. The standard InChI is InChI=1S/C26H34ClN7O4S/c1-3-11-33-24-21(27)22(30-23(24)25-31-28-17-34(25)26(33)35)19-16-18(8-9-20(19)38-15-4-2)39(36,37)29-10-14-32-12-6-5-7-13-32/h8-9,16-17,29-30H,3-7,10-15H2,1-2H3. The molecule has 0 radical (unpaired) electrons. The van der Waals surface area contributed by atoms with Crippen LogP contribution in [0.5, 0.6) is 5.75 Å². The molecule has 5 rings (SSSR count). The number of halogens is 1. The summed E-state index contributed by atoms with van der Waals surface area (Å²) in [6.45, 7) is 7.84. The van der Waals surface area contributed by atoms with Crippen molar-refractivity contribution in [1.82, 2.24) is 33.8 Å². The molecule has 4 heterocycles. The van der Waals surface area contributed by atoms with Gasteiger partial charge in [0.05, 0.1) is 27.7 Å². The van der Waals surface area contributed by atoms with Crippen LogP contribution in [-0.2, 0) is 16.6 Å². The highest BCUT2D eigenvalue weighted by Gasteiger charge is 2.25. The molecule has 0 amide bonds. The van der Waals surface area contributed by atoms with Gasteiger partial charge in [-0.2, -0.15) is 0 Å². The first-order valence-electron chi connectivity index (χ1n) is 13.5. The Balaban J connectivity index is 1.58. The molecular formula is C26H34ClN7O4S. The molecule has 11 nitrogen and oxygen atoms in total. The van der Waals surface area contributed by atoms with Crippen LogP contribution in [0.3, 0.4) is 0 Å². The highest BCUT2D eigenvalue weighted by molar-refractivity contribution is 7.89. The second-order valence-electron chi connectivity index (χ2n) is 9.80. The molecule has 1 aliphatic heterocycles. The first-order valence-corrected chi connectivity index (χ1v) is 15.3. The van der Waals surface area contributed by atoms with E-state index in [4.69, 9.17) is 16.3 Å². The van der Waals surface area contributed by atoms with E-state index in [-0.39, 0.29) is 15.6 Å². The molecule has 4 aromatic rings. The quantitative estimate of drug-likeness (QED) is 0.279. The monoisotopic (exact) mass is 575 g/mol. The van der Waals surface area contributed by atoms with E-state index in [0.29, 0.717) is 66.3 Å². The van der Waals surface area contributed by atoms with Gasteiger partial charge in [-0.05, 0) is 57.0 Å². The second-order valence-corrected chi connectivity index (χ2v) is 11.9. The van der Waals surface area contributed by atoms with Crippen LogP contribution in [0, 0.1) is 0 Å². The summed E-state index contributed by atoms with van der Waals surface area (Å²) >= 11 is 6.94. The van der Waals surface area contributed by atoms with Crippen LogP contribution in [0.1, 0.15) is 46.0 Å². The van der Waals surface area contributed by atoms with Gasteiger partial charge in [0.25, 0.3) is 0 Å². The number of hydrogen-bond donors (Lipinski definition) is 2. The molecule has 210 valence electrons. The van der Waals surface area contributed by atoms with Crippen molar-refractivity contribution in [2.75, 3.05) is 32.8 Å². The number of sulfonamides is 1. The Kier molecular flexibility index (Phi) is 8.27. The van der Waals surface area contributed by atoms with Crippen molar-refractivity contribution in [3.05, 3.63) is 40.0 Å². The molecule has 1 saturated heterocycles. The summed E-state index contributed by atoms with van der Waals surface area (Å²) < 4.78 is 38.3. The molecule has 0 bridgehead atoms. The zero-order valence-corrected chi connectivity index (χ0v) is 23.8. The molecule has 1 aromatic carbocycles. The zero-order chi connectivity index (χ0) is 27.6. The first kappa shape index (κ1) is 27.6. The molecule has 2 N–H and O–H groups in total. The van der Waals surface area contributed by atoms with Gasteiger partial charge < -0.3 is 14.6 Å². The fourth-order valence-corrected chi connectivity index (χ4v) is 6.48. The van der Waals surface area contributed by atoms with Gasteiger partial charge in [0, 0.05) is 25.2 Å². The van der Waals surface area contributed by atoms with Crippen molar-refractivity contribution in [3.8, 4) is 17.0 Å². The Morgan fingerprint density at radius 3 is 2.67 bits per heavy atom. The van der Waals surface area contributed by atoms with E-state index in [1.165, 1.54) is 23.2 Å². The van der Waals surface area contributed by atoms with Gasteiger partial charge >= 0.3 is 5.69 Å². The Bertz CT molecular complexity index is 1640. The lowest BCUT2D eigenvalue weighted by molar-refractivity contribution is 0.233. The Morgan fingerprint density at radius 2 is 1.92 bits per heavy atom. The maximum atomic E-state index is 13.3. The largest absolute Gasteiger partial charge is 0.493 e. The minimum absolute atomic E-state index is 0.105. The van der Waals surface area contributed by atoms with Gasteiger partial charge in [-0.3, -0.25) is 4.57 Å². The smallest absolute Gasteiger partial charge is 0.335 e. The third-order valence-corrected chi connectivity index (χ3v) is 8.83. The number of hydrogen-bond acceptors (Lipinski definition) is 7. The SMILES string of the molecule is CCCOc1ccc(S(=O)(=O)NCCN2CCCCC2)cc1-c1[nH]c2c(c1Cl)n(CCC)c(=O)n1cnnc21. The van der Waals surface area contributed by atoms with Crippen molar-refractivity contribution in [2.24, 2.45) is 0 Å². The number of aryl methyl sites for hydroxylation is 1. The molecule has 0 spiro atoms. The minimum Gasteiger partial charge on any atom is -0.493 e. The van der Waals surface area contributed by atoms with Gasteiger partial charge in [-0.25, -0.2) is 22.3 Å². The van der Waals surface area contributed by atoms with Gasteiger partial charge in [-0.15, -0.1) is 10.2 Å². The zero-order valence-electron chi connectivity index (χ0n) is 22.2. The normalized spacial score (nSPS) is 14.9. The molecule has 0 saturated carbocycles. The van der Waals surface area contributed by atoms with Crippen molar-refractivity contribution >= 4 is 38.3 Å². The number of nitrogens with zero attached hydrogens (tertiary/aromatic N) is 5. The minimum atomic E-state index is -3.79. The maximum absolute atomic E-state index is 13.3. The predicted molar refractivity (Wildman–Crippen MR) is 151 cm³/mol. The fourth-order valence-electron chi connectivity index (χ4n) is 5.08. The van der Waals surface area contributed by atoms with Crippen LogP contribution >= 0.6 is 11.6 Å². The topological polar surface area (TPSA) is 127 Å². The van der Waals surface area contributed by atoms with E-state index in [1.54, 1.807) is 16.7 Å². The number of aromatic nitrogens is 5. The van der Waals surface area contributed by atoms with Gasteiger partial charge in [0.2, 0.25) is 10.0 Å². The Labute approximate surface area is 232 Å². The van der Waals surface area contributed by atoms with Crippen LogP contribution in [0.25, 0.3) is 27.9 Å². The molecule has 39 heavy (non-hydrogen) atoms. The van der Waals surface area contributed by atoms with Gasteiger partial charge in [-0.1, -0.05) is 31.9 Å². The number of benzene rings is 1. The van der Waals surface area contributed by atoms with Crippen LogP contribution in [-0.4, -0.2) is 70.3 Å². The van der Waals surface area contributed by atoms with Crippen molar-refractivity contribution in [1.29, 1.82) is 0 Å². The number of likely N-dealkylation sites (tertiary alicyclic amines) is 1. The predicted octanol–water partition coefficient (Wildman–Crippen LogP) is 3.66.